The number of fused-ring (bicyclic) bond motifs is 1. The van der Waals surface area contributed by atoms with Crippen molar-refractivity contribution in [1.29, 1.82) is 0 Å². The van der Waals surface area contributed by atoms with E-state index in [1.807, 2.05) is 12.1 Å². The molecule has 0 spiro atoms. The van der Waals surface area contributed by atoms with Crippen LogP contribution in [0.4, 0.5) is 0 Å². The smallest absolute Gasteiger partial charge is 0.347 e. The molecule has 176 valence electrons. The fourth-order valence-corrected chi connectivity index (χ4v) is 4.47. The number of hydrogen-bond acceptors (Lipinski definition) is 7. The maximum Gasteiger partial charge on any atom is 0.347 e. The van der Waals surface area contributed by atoms with E-state index in [4.69, 9.17) is 25.8 Å². The van der Waals surface area contributed by atoms with Crippen LogP contribution in [0.2, 0.25) is 5.02 Å². The summed E-state index contributed by atoms with van der Waals surface area (Å²) >= 11 is 7.35. The van der Waals surface area contributed by atoms with Gasteiger partial charge in [-0.3, -0.25) is 4.98 Å². The fourth-order valence-electron chi connectivity index (χ4n) is 3.29. The zero-order valence-electron chi connectivity index (χ0n) is 18.9. The molecule has 0 N–H and O–H groups in total. The molecule has 3 aromatic carbocycles. The third-order valence-corrected chi connectivity index (χ3v) is 6.30. The van der Waals surface area contributed by atoms with Crippen molar-refractivity contribution in [2.24, 2.45) is 0 Å². The predicted octanol–water partition coefficient (Wildman–Crippen LogP) is 6.42. The van der Waals surface area contributed by atoms with Gasteiger partial charge in [-0.1, -0.05) is 53.7 Å². The highest BCUT2D eigenvalue weighted by molar-refractivity contribution is 8.04. The number of ether oxygens (including phenoxy) is 3. The lowest BCUT2D eigenvalue weighted by atomic mass is 10.2. The molecule has 0 aliphatic heterocycles. The van der Waals surface area contributed by atoms with Crippen LogP contribution in [0, 0.1) is 0 Å². The molecule has 0 radical (unpaired) electrons. The summed E-state index contributed by atoms with van der Waals surface area (Å²) in [5.74, 6) is -0.202. The summed E-state index contributed by atoms with van der Waals surface area (Å²) in [6, 6.07) is 20.9. The molecule has 1 heterocycles. The molecule has 0 unspecified atom stereocenters. The first kappa shape index (κ1) is 24.3. The molecule has 0 atom stereocenters. The highest BCUT2D eigenvalue weighted by atomic mass is 35.5. The summed E-state index contributed by atoms with van der Waals surface area (Å²) in [7, 11) is 2.83. The third-order valence-electron chi connectivity index (χ3n) is 4.99. The first-order valence-corrected chi connectivity index (χ1v) is 11.7. The molecule has 1 aromatic heterocycles. The average molecular weight is 506 g/mol. The van der Waals surface area contributed by atoms with Crippen LogP contribution >= 0.6 is 23.4 Å². The Balaban J connectivity index is 1.56. The second-order valence-corrected chi connectivity index (χ2v) is 8.75. The lowest BCUT2D eigenvalue weighted by molar-refractivity contribution is -0.135. The molecule has 0 aliphatic rings. The second-order valence-electron chi connectivity index (χ2n) is 7.23. The van der Waals surface area contributed by atoms with Crippen molar-refractivity contribution in [1.82, 2.24) is 4.98 Å². The summed E-state index contributed by atoms with van der Waals surface area (Å²) in [6.07, 6.45) is 3.38. The molecule has 0 aliphatic carbocycles. The van der Waals surface area contributed by atoms with Crippen LogP contribution in [-0.4, -0.2) is 31.1 Å². The predicted molar refractivity (Wildman–Crippen MR) is 137 cm³/mol. The summed E-state index contributed by atoms with van der Waals surface area (Å²) in [5, 5.41) is 1.46. The monoisotopic (exact) mass is 505 g/mol. The van der Waals surface area contributed by atoms with E-state index in [2.05, 4.69) is 4.98 Å². The summed E-state index contributed by atoms with van der Waals surface area (Å²) in [4.78, 5) is 30.6. The van der Waals surface area contributed by atoms with Gasteiger partial charge < -0.3 is 14.2 Å². The largest absolute Gasteiger partial charge is 0.496 e. The molecule has 35 heavy (non-hydrogen) atoms. The molecular formula is C27H20ClNO5S. The number of carbonyl (C=O) groups is 2. The lowest BCUT2D eigenvalue weighted by Gasteiger charge is -2.10. The van der Waals surface area contributed by atoms with Crippen LogP contribution in [0.1, 0.15) is 15.9 Å². The van der Waals surface area contributed by atoms with E-state index in [1.54, 1.807) is 72.9 Å². The number of esters is 2. The van der Waals surface area contributed by atoms with E-state index in [0.717, 1.165) is 21.4 Å². The van der Waals surface area contributed by atoms with E-state index >= 15 is 0 Å². The minimum atomic E-state index is -0.527. The standard InChI is InChI=1S/C27H20ClNO5S/c1-32-23-6-4-3-5-21(23)26(30)34-19-10-7-17(8-11-19)15-25(27(31)33-2)35-24-13-14-29-22-16-18(28)9-12-20(22)24/h3-16H,1-2H3/b25-15+. The van der Waals surface area contributed by atoms with E-state index in [1.165, 1.54) is 26.0 Å². The van der Waals surface area contributed by atoms with Crippen molar-refractivity contribution in [2.45, 2.75) is 4.90 Å². The summed E-state index contributed by atoms with van der Waals surface area (Å²) in [6.45, 7) is 0. The van der Waals surface area contributed by atoms with Crippen LogP contribution < -0.4 is 9.47 Å². The first-order chi connectivity index (χ1) is 17.0. The number of thioether (sulfide) groups is 1. The Morgan fingerprint density at radius 2 is 1.74 bits per heavy atom. The minimum absolute atomic E-state index is 0.328. The van der Waals surface area contributed by atoms with Gasteiger partial charge in [0.2, 0.25) is 0 Å². The Bertz CT molecular complexity index is 1420. The van der Waals surface area contributed by atoms with Gasteiger partial charge in [0.1, 0.15) is 17.1 Å². The average Bonchev–Trinajstić information content (AvgIpc) is 2.88. The molecule has 4 rings (SSSR count). The SMILES string of the molecule is COC(=O)/C(=C\c1ccc(OC(=O)c2ccccc2OC)cc1)Sc1ccnc2cc(Cl)ccc12. The number of rotatable bonds is 7. The topological polar surface area (TPSA) is 74.7 Å². The molecule has 0 fully saturated rings. The van der Waals surface area contributed by atoms with Crippen LogP contribution in [0.3, 0.4) is 0 Å². The van der Waals surface area contributed by atoms with E-state index in [9.17, 15) is 9.59 Å². The Morgan fingerprint density at radius 1 is 0.971 bits per heavy atom. The van der Waals surface area contributed by atoms with Gasteiger partial charge >= 0.3 is 11.9 Å². The number of aromatic nitrogens is 1. The van der Waals surface area contributed by atoms with Crippen LogP contribution in [0.25, 0.3) is 17.0 Å². The van der Waals surface area contributed by atoms with Crippen molar-refractivity contribution < 1.29 is 23.8 Å². The Kier molecular flexibility index (Phi) is 7.70. The molecule has 0 bridgehead atoms. The number of carbonyl (C=O) groups excluding carboxylic acids is 2. The van der Waals surface area contributed by atoms with Gasteiger partial charge in [0.05, 0.1) is 24.6 Å². The maximum atomic E-state index is 12.5. The zero-order chi connectivity index (χ0) is 24.8. The first-order valence-electron chi connectivity index (χ1n) is 10.5. The molecule has 8 heteroatoms. The molecule has 6 nitrogen and oxygen atoms in total. The van der Waals surface area contributed by atoms with Crippen LogP contribution in [0.5, 0.6) is 11.5 Å². The number of nitrogens with zero attached hydrogens (tertiary/aromatic N) is 1. The van der Waals surface area contributed by atoms with Crippen molar-refractivity contribution in [3.63, 3.8) is 0 Å². The van der Waals surface area contributed by atoms with Gasteiger partial charge in [0.25, 0.3) is 0 Å². The van der Waals surface area contributed by atoms with Crippen molar-refractivity contribution >= 4 is 52.3 Å². The molecule has 0 saturated heterocycles. The van der Waals surface area contributed by atoms with Gasteiger partial charge in [-0.05, 0) is 54.1 Å². The van der Waals surface area contributed by atoms with E-state index in [-0.39, 0.29) is 0 Å². The quantitative estimate of drug-likeness (QED) is 0.124. The Morgan fingerprint density at radius 3 is 2.49 bits per heavy atom. The normalized spacial score (nSPS) is 11.2. The van der Waals surface area contributed by atoms with E-state index < -0.39 is 11.9 Å². The zero-order valence-corrected chi connectivity index (χ0v) is 20.4. The molecule has 0 amide bonds. The van der Waals surface area contributed by atoms with Crippen molar-refractivity contribution in [2.75, 3.05) is 14.2 Å². The van der Waals surface area contributed by atoms with Gasteiger partial charge in [0, 0.05) is 21.5 Å². The molecule has 0 saturated carbocycles. The summed E-state index contributed by atoms with van der Waals surface area (Å²) < 4.78 is 15.7. The number of pyridine rings is 1. The Hall–Kier alpha value is -3.81. The minimum Gasteiger partial charge on any atom is -0.496 e. The van der Waals surface area contributed by atoms with Gasteiger partial charge in [-0.2, -0.15) is 0 Å². The molecule has 4 aromatic rings. The van der Waals surface area contributed by atoms with Gasteiger partial charge in [-0.25, -0.2) is 9.59 Å². The number of halogens is 1. The maximum absolute atomic E-state index is 12.5. The number of hydrogen-bond donors (Lipinski definition) is 0. The lowest BCUT2D eigenvalue weighted by Crippen LogP contribution is -2.10. The highest BCUT2D eigenvalue weighted by Gasteiger charge is 2.16. The Labute approximate surface area is 211 Å². The highest BCUT2D eigenvalue weighted by Crippen LogP contribution is 2.35. The third kappa shape index (κ3) is 5.82. The van der Waals surface area contributed by atoms with Crippen LogP contribution in [-0.2, 0) is 9.53 Å². The number of benzene rings is 3. The summed E-state index contributed by atoms with van der Waals surface area (Å²) in [5.41, 5.74) is 1.79. The van der Waals surface area contributed by atoms with Gasteiger partial charge in [-0.15, -0.1) is 0 Å². The van der Waals surface area contributed by atoms with Gasteiger partial charge in [0.15, 0.2) is 0 Å². The second kappa shape index (κ2) is 11.1. The van der Waals surface area contributed by atoms with Crippen molar-refractivity contribution in [3.8, 4) is 11.5 Å². The number of methoxy groups -OCH3 is 2. The molecular weight excluding hydrogens is 486 g/mol. The van der Waals surface area contributed by atoms with E-state index in [0.29, 0.717) is 27.0 Å². The number of para-hydroxylation sites is 1. The van der Waals surface area contributed by atoms with Crippen LogP contribution in [0.15, 0.2) is 88.8 Å². The van der Waals surface area contributed by atoms with Crippen molar-refractivity contribution in [3.05, 3.63) is 100 Å². The fraction of sp³-hybridized carbons (Fsp3) is 0.0741.